The van der Waals surface area contributed by atoms with E-state index in [-0.39, 0.29) is 6.04 Å². The lowest BCUT2D eigenvalue weighted by Gasteiger charge is -2.39. The summed E-state index contributed by atoms with van der Waals surface area (Å²) in [6.45, 7) is 0.760. The second-order valence-corrected chi connectivity index (χ2v) is 9.08. The summed E-state index contributed by atoms with van der Waals surface area (Å²) in [5.74, 6) is 0.789. The number of carbonyl (C=O) groups is 1. The van der Waals surface area contributed by atoms with E-state index in [1.54, 1.807) is 11.3 Å². The fourth-order valence-electron chi connectivity index (χ4n) is 4.66. The van der Waals surface area contributed by atoms with Crippen LogP contribution in [0, 0.1) is 0 Å². The molecule has 0 bridgehead atoms. The summed E-state index contributed by atoms with van der Waals surface area (Å²) in [6.07, 6.45) is 2.62. The molecule has 1 N–H and O–H groups in total. The van der Waals surface area contributed by atoms with E-state index in [1.807, 2.05) is 48.5 Å². The largest absolute Gasteiger partial charge is 0.480 e. The Morgan fingerprint density at radius 3 is 2.59 bits per heavy atom. The van der Waals surface area contributed by atoms with Crippen molar-refractivity contribution in [3.63, 3.8) is 0 Å². The van der Waals surface area contributed by atoms with E-state index in [2.05, 4.69) is 40.6 Å². The van der Waals surface area contributed by atoms with Gasteiger partial charge in [0, 0.05) is 4.70 Å². The van der Waals surface area contributed by atoms with Crippen LogP contribution in [-0.4, -0.2) is 28.6 Å². The molecule has 32 heavy (non-hydrogen) atoms. The molecule has 1 aliphatic rings. The normalized spacial score (nSPS) is 17.8. The first-order valence-electron chi connectivity index (χ1n) is 11.0. The molecule has 0 radical (unpaired) electrons. The molecular weight excluding hydrogens is 418 g/mol. The average molecular weight is 444 g/mol. The first-order chi connectivity index (χ1) is 15.7. The SMILES string of the molecule is O=C(O)C1CCCCN1C(c1cccc(Oc2ccccc2)c1)c1csc2ccccc12. The van der Waals surface area contributed by atoms with Gasteiger partial charge in [-0.2, -0.15) is 0 Å². The van der Waals surface area contributed by atoms with Gasteiger partial charge in [-0.1, -0.05) is 55.0 Å². The zero-order valence-corrected chi connectivity index (χ0v) is 18.5. The second kappa shape index (κ2) is 9.15. The molecule has 0 aliphatic carbocycles. The molecule has 1 aliphatic heterocycles. The number of hydrogen-bond donors (Lipinski definition) is 1. The van der Waals surface area contributed by atoms with Crippen LogP contribution in [0.15, 0.2) is 84.2 Å². The number of piperidine rings is 1. The molecule has 0 saturated carbocycles. The summed E-state index contributed by atoms with van der Waals surface area (Å²) in [5.41, 5.74) is 2.21. The minimum absolute atomic E-state index is 0.146. The van der Waals surface area contributed by atoms with Gasteiger partial charge in [-0.05, 0) is 71.6 Å². The lowest BCUT2D eigenvalue weighted by molar-refractivity contribution is -0.145. The minimum atomic E-state index is -0.745. The number of ether oxygens (including phenoxy) is 1. The van der Waals surface area contributed by atoms with Crippen molar-refractivity contribution in [2.45, 2.75) is 31.3 Å². The average Bonchev–Trinajstić information content (AvgIpc) is 3.24. The summed E-state index contributed by atoms with van der Waals surface area (Å²) in [7, 11) is 0. The minimum Gasteiger partial charge on any atom is -0.480 e. The van der Waals surface area contributed by atoms with Crippen LogP contribution in [-0.2, 0) is 4.79 Å². The Kier molecular flexibility index (Phi) is 5.93. The highest BCUT2D eigenvalue weighted by atomic mass is 32.1. The standard InChI is InChI=1S/C27H25NO3S/c29-27(30)24-14-6-7-16-28(24)26(23-18-32-25-15-5-4-13-22(23)25)19-9-8-12-21(17-19)31-20-10-2-1-3-11-20/h1-5,8-13,15,17-18,24,26H,6-7,14,16H2,(H,29,30). The van der Waals surface area contributed by atoms with E-state index in [1.165, 1.54) is 10.1 Å². The Morgan fingerprint density at radius 1 is 0.969 bits per heavy atom. The summed E-state index contributed by atoms with van der Waals surface area (Å²) < 4.78 is 7.32. The van der Waals surface area contributed by atoms with Crippen LogP contribution >= 0.6 is 11.3 Å². The highest BCUT2D eigenvalue weighted by Gasteiger charge is 2.36. The molecule has 2 atom stereocenters. The van der Waals surface area contributed by atoms with Gasteiger partial charge in [0.05, 0.1) is 6.04 Å². The van der Waals surface area contributed by atoms with Gasteiger partial charge in [-0.25, -0.2) is 0 Å². The number of thiophene rings is 1. The Balaban J connectivity index is 1.60. The summed E-state index contributed by atoms with van der Waals surface area (Å²) in [5, 5.41) is 13.4. The molecule has 5 rings (SSSR count). The number of nitrogens with zero attached hydrogens (tertiary/aromatic N) is 1. The number of aliphatic carboxylic acids is 1. The van der Waals surface area contributed by atoms with Gasteiger partial charge in [-0.15, -0.1) is 11.3 Å². The van der Waals surface area contributed by atoms with Gasteiger partial charge in [-0.3, -0.25) is 9.69 Å². The molecule has 1 saturated heterocycles. The number of rotatable bonds is 6. The maximum Gasteiger partial charge on any atom is 0.320 e. The lowest BCUT2D eigenvalue weighted by Crippen LogP contribution is -2.46. The molecule has 162 valence electrons. The summed E-state index contributed by atoms with van der Waals surface area (Å²) >= 11 is 1.71. The molecule has 2 heterocycles. The monoisotopic (exact) mass is 443 g/mol. The van der Waals surface area contributed by atoms with E-state index in [0.29, 0.717) is 6.42 Å². The Bertz CT molecular complexity index is 1220. The maximum atomic E-state index is 12.2. The second-order valence-electron chi connectivity index (χ2n) is 8.16. The van der Waals surface area contributed by atoms with Gasteiger partial charge in [0.1, 0.15) is 17.5 Å². The first-order valence-corrected chi connectivity index (χ1v) is 11.9. The molecular formula is C27H25NO3S. The van der Waals surface area contributed by atoms with Crippen molar-refractivity contribution in [3.05, 3.63) is 95.4 Å². The molecule has 3 aromatic carbocycles. The van der Waals surface area contributed by atoms with Crippen molar-refractivity contribution in [1.29, 1.82) is 0 Å². The van der Waals surface area contributed by atoms with Crippen LogP contribution in [0.25, 0.3) is 10.1 Å². The summed E-state index contributed by atoms with van der Waals surface area (Å²) in [6, 6.07) is 25.5. The van der Waals surface area contributed by atoms with Gasteiger partial charge >= 0.3 is 5.97 Å². The van der Waals surface area contributed by atoms with Crippen molar-refractivity contribution in [2.75, 3.05) is 6.54 Å². The molecule has 4 aromatic rings. The van der Waals surface area contributed by atoms with Gasteiger partial charge in [0.2, 0.25) is 0 Å². The van der Waals surface area contributed by atoms with Crippen molar-refractivity contribution in [1.82, 2.24) is 4.90 Å². The number of benzene rings is 3. The number of para-hydroxylation sites is 1. The smallest absolute Gasteiger partial charge is 0.320 e. The van der Waals surface area contributed by atoms with Gasteiger partial charge < -0.3 is 9.84 Å². The first kappa shape index (κ1) is 20.7. The Hall–Kier alpha value is -3.15. The van der Waals surface area contributed by atoms with Gasteiger partial charge in [0.25, 0.3) is 0 Å². The predicted molar refractivity (Wildman–Crippen MR) is 129 cm³/mol. The molecule has 5 heteroatoms. The molecule has 0 amide bonds. The number of fused-ring (bicyclic) bond motifs is 1. The van der Waals surface area contributed by atoms with E-state index in [9.17, 15) is 9.90 Å². The van der Waals surface area contributed by atoms with Crippen molar-refractivity contribution in [3.8, 4) is 11.5 Å². The van der Waals surface area contributed by atoms with Crippen molar-refractivity contribution < 1.29 is 14.6 Å². The highest BCUT2D eigenvalue weighted by Crippen LogP contribution is 2.41. The number of hydrogen-bond acceptors (Lipinski definition) is 4. The van der Waals surface area contributed by atoms with Crippen molar-refractivity contribution in [2.24, 2.45) is 0 Å². The van der Waals surface area contributed by atoms with E-state index < -0.39 is 12.0 Å². The van der Waals surface area contributed by atoms with Crippen LogP contribution in [0.2, 0.25) is 0 Å². The van der Waals surface area contributed by atoms with Crippen LogP contribution in [0.5, 0.6) is 11.5 Å². The van der Waals surface area contributed by atoms with Crippen LogP contribution in [0.3, 0.4) is 0 Å². The number of carboxylic acid groups (broad SMARTS) is 1. The zero-order chi connectivity index (χ0) is 21.9. The van der Waals surface area contributed by atoms with Crippen LogP contribution in [0.1, 0.15) is 36.4 Å². The molecule has 4 nitrogen and oxygen atoms in total. The highest BCUT2D eigenvalue weighted by molar-refractivity contribution is 7.17. The van der Waals surface area contributed by atoms with Crippen LogP contribution < -0.4 is 4.74 Å². The molecule has 0 spiro atoms. The Morgan fingerprint density at radius 2 is 1.75 bits per heavy atom. The van der Waals surface area contributed by atoms with Gasteiger partial charge in [0.15, 0.2) is 0 Å². The third kappa shape index (κ3) is 4.14. The maximum absolute atomic E-state index is 12.2. The lowest BCUT2D eigenvalue weighted by atomic mass is 9.91. The van der Waals surface area contributed by atoms with Crippen LogP contribution in [0.4, 0.5) is 0 Å². The predicted octanol–water partition coefficient (Wildman–Crippen LogP) is 6.72. The quantitative estimate of drug-likeness (QED) is 0.359. The third-order valence-electron chi connectivity index (χ3n) is 6.12. The summed E-state index contributed by atoms with van der Waals surface area (Å²) in [4.78, 5) is 14.3. The zero-order valence-electron chi connectivity index (χ0n) is 17.7. The topological polar surface area (TPSA) is 49.8 Å². The third-order valence-corrected chi connectivity index (χ3v) is 7.10. The molecule has 1 fully saturated rings. The number of carboxylic acids is 1. The van der Waals surface area contributed by atoms with E-state index in [4.69, 9.17) is 4.74 Å². The molecule has 1 aromatic heterocycles. The fraction of sp³-hybridized carbons (Fsp3) is 0.222. The van der Waals surface area contributed by atoms with E-state index >= 15 is 0 Å². The van der Waals surface area contributed by atoms with E-state index in [0.717, 1.165) is 42.0 Å². The Labute approximate surface area is 191 Å². The molecule has 2 unspecified atom stereocenters. The number of likely N-dealkylation sites (tertiary alicyclic amines) is 1. The fourth-order valence-corrected chi connectivity index (χ4v) is 5.64. The van der Waals surface area contributed by atoms with Crippen molar-refractivity contribution >= 4 is 27.4 Å².